The first-order chi connectivity index (χ1) is 6.20. The molecule has 72 valence electrons. The van der Waals surface area contributed by atoms with Gasteiger partial charge in [-0.05, 0) is 32.3 Å². The fourth-order valence-corrected chi connectivity index (χ4v) is 1.77. The SMILES string of the molecule is CCN(CC)C(=N)c1snnc1C. The van der Waals surface area contributed by atoms with Crippen molar-refractivity contribution in [1.82, 2.24) is 14.5 Å². The van der Waals surface area contributed by atoms with Gasteiger partial charge in [-0.2, -0.15) is 0 Å². The molecule has 13 heavy (non-hydrogen) atoms. The minimum absolute atomic E-state index is 0.539. The van der Waals surface area contributed by atoms with E-state index in [1.165, 1.54) is 11.5 Å². The zero-order chi connectivity index (χ0) is 9.84. The van der Waals surface area contributed by atoms with E-state index in [-0.39, 0.29) is 0 Å². The van der Waals surface area contributed by atoms with Crippen molar-refractivity contribution in [3.63, 3.8) is 0 Å². The number of hydrogen-bond donors (Lipinski definition) is 1. The zero-order valence-electron chi connectivity index (χ0n) is 8.16. The molecule has 4 nitrogen and oxygen atoms in total. The van der Waals surface area contributed by atoms with Gasteiger partial charge in [0.05, 0.1) is 5.69 Å². The van der Waals surface area contributed by atoms with Gasteiger partial charge in [-0.3, -0.25) is 5.41 Å². The van der Waals surface area contributed by atoms with Gasteiger partial charge in [0.2, 0.25) is 0 Å². The molecule has 0 unspecified atom stereocenters. The van der Waals surface area contributed by atoms with E-state index in [0.717, 1.165) is 23.7 Å². The molecule has 1 aromatic rings. The highest BCUT2D eigenvalue weighted by atomic mass is 32.1. The second-order valence-electron chi connectivity index (χ2n) is 2.71. The zero-order valence-corrected chi connectivity index (χ0v) is 8.98. The predicted octanol–water partition coefficient (Wildman–Crippen LogP) is 1.51. The summed E-state index contributed by atoms with van der Waals surface area (Å²) < 4.78 is 3.82. The van der Waals surface area contributed by atoms with Crippen molar-refractivity contribution < 1.29 is 0 Å². The molecule has 1 heterocycles. The van der Waals surface area contributed by atoms with Gasteiger partial charge in [-0.25, -0.2) is 0 Å². The quantitative estimate of drug-likeness (QED) is 0.591. The van der Waals surface area contributed by atoms with Crippen molar-refractivity contribution in [3.8, 4) is 0 Å². The maximum Gasteiger partial charge on any atom is 0.141 e. The van der Waals surface area contributed by atoms with Crippen LogP contribution in [-0.2, 0) is 0 Å². The Kier molecular flexibility index (Phi) is 3.36. The van der Waals surface area contributed by atoms with Crippen LogP contribution >= 0.6 is 11.5 Å². The summed E-state index contributed by atoms with van der Waals surface area (Å²) in [6.07, 6.45) is 0. The molecule has 5 heteroatoms. The van der Waals surface area contributed by atoms with E-state index in [1.807, 2.05) is 25.7 Å². The van der Waals surface area contributed by atoms with E-state index in [2.05, 4.69) is 9.59 Å². The molecular formula is C8H14N4S. The van der Waals surface area contributed by atoms with Crippen LogP contribution in [0, 0.1) is 12.3 Å². The third-order valence-corrected chi connectivity index (χ3v) is 2.78. The van der Waals surface area contributed by atoms with E-state index >= 15 is 0 Å². The molecule has 0 saturated carbocycles. The van der Waals surface area contributed by atoms with Crippen molar-refractivity contribution >= 4 is 17.4 Å². The fraction of sp³-hybridized carbons (Fsp3) is 0.625. The van der Waals surface area contributed by atoms with Gasteiger partial charge in [-0.1, -0.05) is 4.49 Å². The lowest BCUT2D eigenvalue weighted by atomic mass is 10.3. The highest BCUT2D eigenvalue weighted by molar-refractivity contribution is 7.08. The number of aryl methyl sites for hydroxylation is 1. The molecular weight excluding hydrogens is 184 g/mol. The minimum atomic E-state index is 0.539. The summed E-state index contributed by atoms with van der Waals surface area (Å²) >= 11 is 1.29. The van der Waals surface area contributed by atoms with E-state index in [0.29, 0.717) is 5.84 Å². The lowest BCUT2D eigenvalue weighted by Gasteiger charge is -2.20. The Morgan fingerprint density at radius 3 is 2.46 bits per heavy atom. The summed E-state index contributed by atoms with van der Waals surface area (Å²) in [6, 6.07) is 0. The summed E-state index contributed by atoms with van der Waals surface area (Å²) in [5, 5.41) is 11.8. The second kappa shape index (κ2) is 4.32. The normalized spacial score (nSPS) is 10.1. The van der Waals surface area contributed by atoms with Crippen LogP contribution in [0.1, 0.15) is 24.4 Å². The maximum absolute atomic E-state index is 7.90. The third-order valence-electron chi connectivity index (χ3n) is 1.95. The van der Waals surface area contributed by atoms with Crippen molar-refractivity contribution in [2.45, 2.75) is 20.8 Å². The van der Waals surface area contributed by atoms with E-state index in [4.69, 9.17) is 5.41 Å². The van der Waals surface area contributed by atoms with Gasteiger partial charge in [0.25, 0.3) is 0 Å². The standard InChI is InChI=1S/C8H14N4S/c1-4-12(5-2)8(9)7-6(3)10-11-13-7/h9H,4-5H2,1-3H3. The molecule has 0 amide bonds. The molecule has 0 saturated heterocycles. The number of nitrogens with zero attached hydrogens (tertiary/aromatic N) is 3. The molecule has 0 spiro atoms. The molecule has 1 rings (SSSR count). The van der Waals surface area contributed by atoms with Crippen molar-refractivity contribution in [1.29, 1.82) is 5.41 Å². The van der Waals surface area contributed by atoms with Gasteiger partial charge in [0.15, 0.2) is 0 Å². The van der Waals surface area contributed by atoms with Crippen LogP contribution in [0.4, 0.5) is 0 Å². The van der Waals surface area contributed by atoms with E-state index < -0.39 is 0 Å². The second-order valence-corrected chi connectivity index (χ2v) is 3.46. The van der Waals surface area contributed by atoms with Crippen molar-refractivity contribution in [3.05, 3.63) is 10.6 Å². The average Bonchev–Trinajstić information content (AvgIpc) is 2.53. The van der Waals surface area contributed by atoms with Crippen LogP contribution in [-0.4, -0.2) is 33.4 Å². The number of aromatic nitrogens is 2. The van der Waals surface area contributed by atoms with Gasteiger partial charge in [0, 0.05) is 13.1 Å². The summed E-state index contributed by atoms with van der Waals surface area (Å²) in [6.45, 7) is 7.68. The lowest BCUT2D eigenvalue weighted by molar-refractivity contribution is 0.464. The molecule has 0 aliphatic rings. The minimum Gasteiger partial charge on any atom is -0.356 e. The Hall–Kier alpha value is -0.970. The number of hydrogen-bond acceptors (Lipinski definition) is 4. The first kappa shape index (κ1) is 10.1. The number of nitrogens with one attached hydrogen (secondary N) is 1. The maximum atomic E-state index is 7.90. The summed E-state index contributed by atoms with van der Waals surface area (Å²) in [5.74, 6) is 0.539. The molecule has 0 bridgehead atoms. The molecule has 0 aliphatic heterocycles. The first-order valence-corrected chi connectivity index (χ1v) is 5.10. The Bertz CT molecular complexity index is 290. The topological polar surface area (TPSA) is 52.9 Å². The highest BCUT2D eigenvalue weighted by Gasteiger charge is 2.13. The van der Waals surface area contributed by atoms with E-state index in [9.17, 15) is 0 Å². The van der Waals surface area contributed by atoms with Crippen molar-refractivity contribution in [2.24, 2.45) is 0 Å². The fourth-order valence-electron chi connectivity index (χ4n) is 1.13. The highest BCUT2D eigenvalue weighted by Crippen LogP contribution is 2.11. The largest absolute Gasteiger partial charge is 0.356 e. The van der Waals surface area contributed by atoms with Crippen LogP contribution in [0.25, 0.3) is 0 Å². The van der Waals surface area contributed by atoms with Crippen LogP contribution < -0.4 is 0 Å². The first-order valence-electron chi connectivity index (χ1n) is 4.33. The molecule has 1 N–H and O–H groups in total. The lowest BCUT2D eigenvalue weighted by Crippen LogP contribution is -2.30. The molecule has 0 atom stereocenters. The molecule has 0 radical (unpaired) electrons. The van der Waals surface area contributed by atoms with Crippen LogP contribution in [0.15, 0.2) is 0 Å². The third kappa shape index (κ3) is 2.03. The Morgan fingerprint density at radius 2 is 2.08 bits per heavy atom. The van der Waals surface area contributed by atoms with E-state index in [1.54, 1.807) is 0 Å². The summed E-state index contributed by atoms with van der Waals surface area (Å²) in [4.78, 5) is 2.87. The number of rotatable bonds is 3. The Balaban J connectivity index is 2.84. The average molecular weight is 198 g/mol. The van der Waals surface area contributed by atoms with Gasteiger partial charge in [0.1, 0.15) is 10.7 Å². The Morgan fingerprint density at radius 1 is 1.46 bits per heavy atom. The van der Waals surface area contributed by atoms with Crippen LogP contribution in [0.5, 0.6) is 0 Å². The molecule has 0 fully saturated rings. The summed E-state index contributed by atoms with van der Waals surface area (Å²) in [7, 11) is 0. The smallest absolute Gasteiger partial charge is 0.141 e. The monoisotopic (exact) mass is 198 g/mol. The Labute approximate surface area is 82.3 Å². The van der Waals surface area contributed by atoms with Gasteiger partial charge < -0.3 is 4.90 Å². The van der Waals surface area contributed by atoms with Gasteiger partial charge >= 0.3 is 0 Å². The van der Waals surface area contributed by atoms with Crippen LogP contribution in [0.3, 0.4) is 0 Å². The summed E-state index contributed by atoms with van der Waals surface area (Å²) in [5.41, 5.74) is 0.849. The number of amidine groups is 1. The molecule has 0 aromatic carbocycles. The van der Waals surface area contributed by atoms with Crippen LogP contribution in [0.2, 0.25) is 0 Å². The predicted molar refractivity (Wildman–Crippen MR) is 54.4 cm³/mol. The van der Waals surface area contributed by atoms with Crippen molar-refractivity contribution in [2.75, 3.05) is 13.1 Å². The molecule has 1 aromatic heterocycles. The van der Waals surface area contributed by atoms with Gasteiger partial charge in [-0.15, -0.1) is 5.10 Å². The molecule has 0 aliphatic carbocycles.